The van der Waals surface area contributed by atoms with E-state index in [-0.39, 0.29) is 5.91 Å². The third-order valence-corrected chi connectivity index (χ3v) is 3.63. The lowest BCUT2D eigenvalue weighted by Gasteiger charge is -2.14. The first-order chi connectivity index (χ1) is 8.63. The van der Waals surface area contributed by atoms with Crippen LogP contribution in [0.2, 0.25) is 5.02 Å². The Hall–Kier alpha value is -1.18. The Bertz CT molecular complexity index is 428. The smallest absolute Gasteiger partial charge is 0.232 e. The molecule has 18 heavy (non-hydrogen) atoms. The molecule has 0 aromatic heterocycles. The second-order valence-corrected chi connectivity index (χ2v) is 5.26. The van der Waals surface area contributed by atoms with Crippen molar-refractivity contribution in [1.29, 1.82) is 5.26 Å². The highest BCUT2D eigenvalue weighted by Gasteiger charge is 2.07. The number of thioether (sulfide) groups is 1. The lowest BCUT2D eigenvalue weighted by molar-refractivity contribution is -0.127. The van der Waals surface area contributed by atoms with Crippen LogP contribution in [0.5, 0.6) is 0 Å². The van der Waals surface area contributed by atoms with Gasteiger partial charge in [-0.2, -0.15) is 5.26 Å². The fraction of sp³-hybridized carbons (Fsp3) is 0.385. The number of nitriles is 1. The Kier molecular flexibility index (Phi) is 6.63. The highest BCUT2D eigenvalue weighted by Crippen LogP contribution is 2.15. The van der Waals surface area contributed by atoms with E-state index in [4.69, 9.17) is 16.9 Å². The Morgan fingerprint density at radius 1 is 1.44 bits per heavy atom. The molecule has 0 spiro atoms. The molecule has 0 saturated carbocycles. The molecule has 5 heteroatoms. The molecule has 1 aromatic rings. The first kappa shape index (κ1) is 14.9. The van der Waals surface area contributed by atoms with Crippen LogP contribution in [0.4, 0.5) is 0 Å². The first-order valence-electron chi connectivity index (χ1n) is 5.56. The average Bonchev–Trinajstić information content (AvgIpc) is 2.38. The molecule has 96 valence electrons. The van der Waals surface area contributed by atoms with Gasteiger partial charge >= 0.3 is 0 Å². The van der Waals surface area contributed by atoms with Gasteiger partial charge in [-0.15, -0.1) is 11.8 Å². The molecule has 1 amide bonds. The molecular formula is C13H15ClN2OS. The topological polar surface area (TPSA) is 44.1 Å². The molecule has 0 aliphatic rings. The predicted molar refractivity (Wildman–Crippen MR) is 75.5 cm³/mol. The van der Waals surface area contributed by atoms with Crippen LogP contribution in [0.25, 0.3) is 0 Å². The lowest BCUT2D eigenvalue weighted by atomic mass is 10.2. The van der Waals surface area contributed by atoms with Gasteiger partial charge in [0.2, 0.25) is 5.91 Å². The normalized spacial score (nSPS) is 9.83. The Morgan fingerprint density at radius 3 is 2.72 bits per heavy atom. The van der Waals surface area contributed by atoms with Crippen molar-refractivity contribution in [2.75, 3.05) is 19.3 Å². The molecule has 0 heterocycles. The van der Waals surface area contributed by atoms with Gasteiger partial charge in [-0.3, -0.25) is 4.79 Å². The molecule has 0 fully saturated rings. The third kappa shape index (κ3) is 5.44. The van der Waals surface area contributed by atoms with Crippen molar-refractivity contribution in [2.24, 2.45) is 0 Å². The quantitative estimate of drug-likeness (QED) is 0.806. The molecule has 0 radical (unpaired) electrons. The lowest BCUT2D eigenvalue weighted by Crippen LogP contribution is -2.29. The second-order valence-electron chi connectivity index (χ2n) is 3.84. The van der Waals surface area contributed by atoms with Crippen LogP contribution in [-0.4, -0.2) is 30.2 Å². The fourth-order valence-electron chi connectivity index (χ4n) is 1.29. The van der Waals surface area contributed by atoms with Crippen molar-refractivity contribution in [2.45, 2.75) is 12.2 Å². The summed E-state index contributed by atoms with van der Waals surface area (Å²) in [6.45, 7) is 0.497. The second kappa shape index (κ2) is 8.02. The molecule has 0 atom stereocenters. The summed E-state index contributed by atoms with van der Waals surface area (Å²) in [6.07, 6.45) is 0.379. The van der Waals surface area contributed by atoms with Crippen molar-refractivity contribution in [3.63, 3.8) is 0 Å². The summed E-state index contributed by atoms with van der Waals surface area (Å²) >= 11 is 7.36. The minimum atomic E-state index is 0.0595. The van der Waals surface area contributed by atoms with E-state index >= 15 is 0 Å². The van der Waals surface area contributed by atoms with Gasteiger partial charge in [-0.25, -0.2) is 0 Å². The maximum Gasteiger partial charge on any atom is 0.232 e. The number of hydrogen-bond donors (Lipinski definition) is 0. The number of carbonyl (C=O) groups is 1. The number of benzene rings is 1. The number of hydrogen-bond acceptors (Lipinski definition) is 3. The van der Waals surface area contributed by atoms with Crippen LogP contribution in [-0.2, 0) is 10.5 Å². The predicted octanol–water partition coefficient (Wildman–Crippen LogP) is 2.95. The molecule has 1 rings (SSSR count). The summed E-state index contributed by atoms with van der Waals surface area (Å²) in [4.78, 5) is 13.3. The summed E-state index contributed by atoms with van der Waals surface area (Å²) in [7, 11) is 1.72. The number of rotatable bonds is 6. The van der Waals surface area contributed by atoms with Gasteiger partial charge < -0.3 is 4.90 Å². The zero-order valence-electron chi connectivity index (χ0n) is 10.2. The van der Waals surface area contributed by atoms with E-state index in [1.807, 2.05) is 30.3 Å². The first-order valence-corrected chi connectivity index (χ1v) is 7.10. The van der Waals surface area contributed by atoms with Crippen LogP contribution >= 0.6 is 23.4 Å². The summed E-state index contributed by atoms with van der Waals surface area (Å²) < 4.78 is 0. The van der Waals surface area contributed by atoms with Crippen LogP contribution in [0.3, 0.4) is 0 Å². The monoisotopic (exact) mass is 282 g/mol. The maximum absolute atomic E-state index is 11.7. The molecule has 0 unspecified atom stereocenters. The highest BCUT2D eigenvalue weighted by molar-refractivity contribution is 7.99. The van der Waals surface area contributed by atoms with E-state index in [2.05, 4.69) is 0 Å². The molecular weight excluding hydrogens is 268 g/mol. The van der Waals surface area contributed by atoms with Crippen molar-refractivity contribution < 1.29 is 4.79 Å². The summed E-state index contributed by atoms with van der Waals surface area (Å²) in [5.74, 6) is 1.28. The van der Waals surface area contributed by atoms with E-state index in [1.54, 1.807) is 23.7 Å². The van der Waals surface area contributed by atoms with E-state index in [0.29, 0.717) is 18.7 Å². The maximum atomic E-state index is 11.7. The fourth-order valence-corrected chi connectivity index (χ4v) is 2.34. The zero-order valence-corrected chi connectivity index (χ0v) is 11.8. The van der Waals surface area contributed by atoms with Crippen molar-refractivity contribution in [3.8, 4) is 6.07 Å². The Morgan fingerprint density at radius 2 is 2.11 bits per heavy atom. The molecule has 0 aliphatic heterocycles. The van der Waals surface area contributed by atoms with Crippen LogP contribution in [0.15, 0.2) is 24.3 Å². The molecule has 3 nitrogen and oxygen atoms in total. The molecule has 0 bridgehead atoms. The minimum absolute atomic E-state index is 0.0595. The Labute approximate surface area is 117 Å². The van der Waals surface area contributed by atoms with E-state index in [1.165, 1.54) is 0 Å². The summed E-state index contributed by atoms with van der Waals surface area (Å²) in [6, 6.07) is 9.63. The van der Waals surface area contributed by atoms with Crippen molar-refractivity contribution in [1.82, 2.24) is 4.90 Å². The van der Waals surface area contributed by atoms with Gasteiger partial charge in [-0.05, 0) is 17.7 Å². The molecule has 0 N–H and O–H groups in total. The summed E-state index contributed by atoms with van der Waals surface area (Å²) in [5.41, 5.74) is 1.15. The molecule has 0 saturated heterocycles. The van der Waals surface area contributed by atoms with Gasteiger partial charge in [0.05, 0.1) is 18.2 Å². The molecule has 0 aliphatic carbocycles. The number of nitrogens with zero attached hydrogens (tertiary/aromatic N) is 2. The largest absolute Gasteiger partial charge is 0.344 e. The van der Waals surface area contributed by atoms with Gasteiger partial charge in [0, 0.05) is 24.4 Å². The van der Waals surface area contributed by atoms with E-state index < -0.39 is 0 Å². The molecule has 1 aromatic carbocycles. The standard InChI is InChI=1S/C13H15ClN2OS/c1-16(8-2-7-15)13(17)10-18-9-11-3-5-12(14)6-4-11/h3-6H,2,8-10H2,1H3. The SMILES string of the molecule is CN(CCC#N)C(=O)CSCc1ccc(Cl)cc1. The number of halogens is 1. The Balaban J connectivity index is 2.27. The zero-order chi connectivity index (χ0) is 13.4. The van der Waals surface area contributed by atoms with Gasteiger partial charge in [-0.1, -0.05) is 23.7 Å². The highest BCUT2D eigenvalue weighted by atomic mass is 35.5. The van der Waals surface area contributed by atoms with Crippen LogP contribution in [0.1, 0.15) is 12.0 Å². The number of carbonyl (C=O) groups excluding carboxylic acids is 1. The van der Waals surface area contributed by atoms with E-state index in [9.17, 15) is 4.79 Å². The van der Waals surface area contributed by atoms with E-state index in [0.717, 1.165) is 16.3 Å². The van der Waals surface area contributed by atoms with Gasteiger partial charge in [0.15, 0.2) is 0 Å². The average molecular weight is 283 g/mol. The minimum Gasteiger partial charge on any atom is -0.344 e. The summed E-state index contributed by atoms with van der Waals surface area (Å²) in [5, 5.41) is 9.16. The van der Waals surface area contributed by atoms with Crippen molar-refractivity contribution in [3.05, 3.63) is 34.9 Å². The van der Waals surface area contributed by atoms with Gasteiger partial charge in [0.1, 0.15) is 0 Å². The van der Waals surface area contributed by atoms with Crippen LogP contribution < -0.4 is 0 Å². The van der Waals surface area contributed by atoms with Crippen molar-refractivity contribution >= 4 is 29.3 Å². The van der Waals surface area contributed by atoms with Crippen LogP contribution in [0, 0.1) is 11.3 Å². The number of amides is 1. The van der Waals surface area contributed by atoms with Gasteiger partial charge in [0.25, 0.3) is 0 Å². The third-order valence-electron chi connectivity index (χ3n) is 2.39.